The van der Waals surface area contributed by atoms with Gasteiger partial charge in [-0.2, -0.15) is 0 Å². The summed E-state index contributed by atoms with van der Waals surface area (Å²) in [5, 5.41) is 4.30. The average molecular weight is 406 g/mol. The molecule has 1 N–H and O–H groups in total. The summed E-state index contributed by atoms with van der Waals surface area (Å²) < 4.78 is 2.23. The van der Waals surface area contributed by atoms with Crippen LogP contribution in [0.25, 0.3) is 5.82 Å². The molecule has 0 bridgehead atoms. The summed E-state index contributed by atoms with van der Waals surface area (Å²) in [4.78, 5) is 11.5. The monoisotopic (exact) mass is 405 g/mol. The van der Waals surface area contributed by atoms with Crippen molar-refractivity contribution in [3.63, 3.8) is 0 Å². The molecule has 1 fully saturated rings. The summed E-state index contributed by atoms with van der Waals surface area (Å²) in [6.45, 7) is 10.8. The number of pyridine rings is 2. The van der Waals surface area contributed by atoms with Crippen LogP contribution in [0.15, 0.2) is 48.8 Å². The summed E-state index contributed by atoms with van der Waals surface area (Å²) >= 11 is 5.73. The lowest BCUT2D eigenvalue weighted by molar-refractivity contribution is 0.269. The first-order valence-corrected chi connectivity index (χ1v) is 10.4. The fraction of sp³-hybridized carbons (Fsp3) is 0.348. The third-order valence-electron chi connectivity index (χ3n) is 5.61. The van der Waals surface area contributed by atoms with Crippen molar-refractivity contribution < 1.29 is 0 Å². The molecule has 1 saturated heterocycles. The van der Waals surface area contributed by atoms with E-state index in [0.717, 1.165) is 22.3 Å². The highest BCUT2D eigenvalue weighted by molar-refractivity contribution is 7.80. The Balaban J connectivity index is 1.86. The molecule has 1 aliphatic heterocycles. The molecular formula is C23H27N5S. The van der Waals surface area contributed by atoms with Crippen LogP contribution in [-0.2, 0) is 0 Å². The summed E-state index contributed by atoms with van der Waals surface area (Å²) in [6, 6.07) is 12.8. The molecule has 5 nitrogen and oxygen atoms in total. The topological polar surface area (TPSA) is 46.0 Å². The molecule has 150 valence electrons. The number of nitrogens with zero attached hydrogens (tertiary/aromatic N) is 4. The van der Waals surface area contributed by atoms with Crippen molar-refractivity contribution in [2.45, 2.75) is 52.7 Å². The Kier molecular flexibility index (Phi) is 5.13. The van der Waals surface area contributed by atoms with Crippen molar-refractivity contribution in [1.29, 1.82) is 0 Å². The van der Waals surface area contributed by atoms with E-state index in [0.29, 0.717) is 0 Å². The molecule has 0 spiro atoms. The second-order valence-electron chi connectivity index (χ2n) is 7.98. The van der Waals surface area contributed by atoms with Gasteiger partial charge in [0.2, 0.25) is 0 Å². The third-order valence-corrected chi connectivity index (χ3v) is 5.94. The average Bonchev–Trinajstić information content (AvgIpc) is 3.18. The Morgan fingerprint density at radius 3 is 2.48 bits per heavy atom. The van der Waals surface area contributed by atoms with Gasteiger partial charge in [0.15, 0.2) is 5.11 Å². The van der Waals surface area contributed by atoms with Crippen molar-refractivity contribution in [2.75, 3.05) is 0 Å². The van der Waals surface area contributed by atoms with Gasteiger partial charge in [-0.15, -0.1) is 0 Å². The second-order valence-corrected chi connectivity index (χ2v) is 8.37. The van der Waals surface area contributed by atoms with Crippen LogP contribution >= 0.6 is 12.2 Å². The minimum Gasteiger partial charge on any atom is -0.352 e. The van der Waals surface area contributed by atoms with E-state index in [4.69, 9.17) is 12.2 Å². The zero-order valence-electron chi connectivity index (χ0n) is 17.5. The number of rotatable bonds is 4. The fourth-order valence-corrected chi connectivity index (χ4v) is 4.79. The van der Waals surface area contributed by atoms with Crippen LogP contribution in [0.3, 0.4) is 0 Å². The molecule has 0 saturated carbocycles. The second kappa shape index (κ2) is 7.59. The van der Waals surface area contributed by atoms with E-state index >= 15 is 0 Å². The van der Waals surface area contributed by atoms with Crippen LogP contribution in [0.2, 0.25) is 0 Å². The van der Waals surface area contributed by atoms with Crippen LogP contribution < -0.4 is 5.32 Å². The number of aromatic nitrogens is 3. The lowest BCUT2D eigenvalue weighted by atomic mass is 9.96. The maximum Gasteiger partial charge on any atom is 0.170 e. The summed E-state index contributed by atoms with van der Waals surface area (Å²) in [5.41, 5.74) is 5.80. The number of hydrogen-bond acceptors (Lipinski definition) is 3. The first-order chi connectivity index (χ1) is 13.9. The molecule has 3 aromatic heterocycles. The number of aryl methyl sites for hydroxylation is 2. The molecular weight excluding hydrogens is 378 g/mol. The molecule has 29 heavy (non-hydrogen) atoms. The van der Waals surface area contributed by atoms with Crippen LogP contribution in [0, 0.1) is 20.8 Å². The smallest absolute Gasteiger partial charge is 0.170 e. The maximum absolute atomic E-state index is 5.73. The minimum atomic E-state index is 0.00511. The van der Waals surface area contributed by atoms with Crippen molar-refractivity contribution in [3.05, 3.63) is 77.0 Å². The molecule has 0 aromatic carbocycles. The van der Waals surface area contributed by atoms with Gasteiger partial charge >= 0.3 is 0 Å². The van der Waals surface area contributed by atoms with E-state index < -0.39 is 0 Å². The Hall–Kier alpha value is -2.73. The Bertz CT molecular complexity index is 1040. The zero-order chi connectivity index (χ0) is 20.7. The van der Waals surface area contributed by atoms with Crippen LogP contribution in [-0.4, -0.2) is 30.6 Å². The van der Waals surface area contributed by atoms with Gasteiger partial charge in [0.25, 0.3) is 0 Å². The van der Waals surface area contributed by atoms with Crippen molar-refractivity contribution >= 4 is 17.3 Å². The number of thiocarbonyl (C=S) groups is 1. The lowest BCUT2D eigenvalue weighted by Gasteiger charge is -2.31. The van der Waals surface area contributed by atoms with Gasteiger partial charge in [0.1, 0.15) is 5.82 Å². The van der Waals surface area contributed by atoms with Gasteiger partial charge < -0.3 is 14.8 Å². The predicted molar refractivity (Wildman–Crippen MR) is 120 cm³/mol. The van der Waals surface area contributed by atoms with Crippen molar-refractivity contribution in [2.24, 2.45) is 0 Å². The molecule has 4 rings (SSSR count). The SMILES string of the molecule is Cc1ccnc(-n2c(C)cc(C3C(c4ccccn4)NC(=S)N3C(C)C)c2C)c1. The Labute approximate surface area is 177 Å². The molecule has 2 unspecified atom stereocenters. The highest BCUT2D eigenvalue weighted by atomic mass is 32.1. The summed E-state index contributed by atoms with van der Waals surface area (Å²) in [7, 11) is 0. The Morgan fingerprint density at radius 1 is 1.03 bits per heavy atom. The number of nitrogens with one attached hydrogen (secondary N) is 1. The zero-order valence-corrected chi connectivity index (χ0v) is 18.4. The third kappa shape index (κ3) is 3.42. The molecule has 0 amide bonds. The van der Waals surface area contributed by atoms with Gasteiger partial charge in [-0.1, -0.05) is 6.07 Å². The van der Waals surface area contributed by atoms with E-state index in [1.165, 1.54) is 16.8 Å². The van der Waals surface area contributed by atoms with E-state index in [1.807, 2.05) is 30.6 Å². The van der Waals surface area contributed by atoms with Crippen molar-refractivity contribution in [3.8, 4) is 5.82 Å². The highest BCUT2D eigenvalue weighted by Gasteiger charge is 2.42. The first kappa shape index (κ1) is 19.6. The molecule has 0 radical (unpaired) electrons. The van der Waals surface area contributed by atoms with Gasteiger partial charge in [-0.05, 0) is 88.3 Å². The minimum absolute atomic E-state index is 0.00511. The first-order valence-electron chi connectivity index (χ1n) is 10.00. The molecule has 6 heteroatoms. The van der Waals surface area contributed by atoms with Crippen LogP contribution in [0.1, 0.15) is 54.1 Å². The fourth-order valence-electron chi connectivity index (χ4n) is 4.34. The van der Waals surface area contributed by atoms with E-state index in [-0.39, 0.29) is 18.1 Å². The van der Waals surface area contributed by atoms with E-state index in [1.54, 1.807) is 0 Å². The van der Waals surface area contributed by atoms with Crippen molar-refractivity contribution in [1.82, 2.24) is 24.8 Å². The lowest BCUT2D eigenvalue weighted by Crippen LogP contribution is -2.35. The highest BCUT2D eigenvalue weighted by Crippen LogP contribution is 2.42. The Morgan fingerprint density at radius 2 is 1.83 bits per heavy atom. The largest absolute Gasteiger partial charge is 0.352 e. The van der Waals surface area contributed by atoms with E-state index in [2.05, 4.69) is 77.6 Å². The quantitative estimate of drug-likeness (QED) is 0.644. The standard InChI is InChI=1S/C23H27N5S/c1-14(2)27-22(21(26-23(27)29)19-8-6-7-10-24-19)18-13-16(4)28(17(18)5)20-12-15(3)9-11-25-20/h6-14,21-22H,1-5H3,(H,26,29). The predicted octanol–water partition coefficient (Wildman–Crippen LogP) is 4.57. The maximum atomic E-state index is 5.73. The van der Waals surface area contributed by atoms with E-state index in [9.17, 15) is 0 Å². The normalized spacial score (nSPS) is 19.1. The molecule has 0 aliphatic carbocycles. The number of hydrogen-bond donors (Lipinski definition) is 1. The van der Waals surface area contributed by atoms with Gasteiger partial charge in [0.05, 0.1) is 17.8 Å². The molecule has 4 heterocycles. The van der Waals surface area contributed by atoms with Gasteiger partial charge in [-0.3, -0.25) is 4.98 Å². The van der Waals surface area contributed by atoms with Crippen LogP contribution in [0.5, 0.6) is 0 Å². The molecule has 1 aliphatic rings. The van der Waals surface area contributed by atoms with Gasteiger partial charge in [0, 0.05) is 29.8 Å². The van der Waals surface area contributed by atoms with Gasteiger partial charge in [-0.25, -0.2) is 4.98 Å². The molecule has 3 aromatic rings. The molecule has 2 atom stereocenters. The summed E-state index contributed by atoms with van der Waals surface area (Å²) in [6.07, 6.45) is 3.71. The van der Waals surface area contributed by atoms with Crippen LogP contribution in [0.4, 0.5) is 0 Å². The summed E-state index contributed by atoms with van der Waals surface area (Å²) in [5.74, 6) is 0.949.